The molecule has 0 aliphatic carbocycles. The molecular formula is C6H6Cl2N4OS. The molecule has 1 aromatic rings. The van der Waals surface area contributed by atoms with E-state index in [0.717, 1.165) is 16.4 Å². The highest BCUT2D eigenvalue weighted by Crippen LogP contribution is 2.15. The van der Waals surface area contributed by atoms with E-state index in [1.54, 1.807) is 0 Å². The first-order chi connectivity index (χ1) is 6.52. The molecule has 14 heavy (non-hydrogen) atoms. The van der Waals surface area contributed by atoms with E-state index in [0.29, 0.717) is 0 Å². The molecule has 0 atom stereocenters. The topological polar surface area (TPSA) is 84.8 Å². The van der Waals surface area contributed by atoms with Crippen LogP contribution in [0.4, 0.5) is 0 Å². The van der Waals surface area contributed by atoms with E-state index in [1.165, 1.54) is 6.20 Å². The molecule has 1 rings (SSSR count). The number of nitrogens with one attached hydrogen (secondary N) is 1. The lowest BCUT2D eigenvalue weighted by Gasteiger charge is -2.03. The molecule has 0 aliphatic heterocycles. The molecule has 0 saturated carbocycles. The molecule has 0 radical (unpaired) electrons. The van der Waals surface area contributed by atoms with Gasteiger partial charge in [0.15, 0.2) is 5.17 Å². The maximum atomic E-state index is 11.4. The summed E-state index contributed by atoms with van der Waals surface area (Å²) in [5.41, 5.74) is 4.61. The van der Waals surface area contributed by atoms with Crippen molar-refractivity contribution < 1.29 is 0 Å². The van der Waals surface area contributed by atoms with Crippen molar-refractivity contribution in [1.29, 1.82) is 5.41 Å². The van der Waals surface area contributed by atoms with Gasteiger partial charge in [0.2, 0.25) is 0 Å². The fraction of sp³-hybridized carbons (Fsp3) is 0.167. The van der Waals surface area contributed by atoms with Gasteiger partial charge in [-0.15, -0.1) is 0 Å². The van der Waals surface area contributed by atoms with Gasteiger partial charge in [-0.3, -0.25) is 10.2 Å². The van der Waals surface area contributed by atoms with Crippen molar-refractivity contribution in [2.75, 3.05) is 0 Å². The van der Waals surface area contributed by atoms with Crippen LogP contribution in [0.3, 0.4) is 0 Å². The SMILES string of the molecule is N=C(N)SCn1ncc(Cl)c(Cl)c1=O. The molecule has 0 unspecified atom stereocenters. The van der Waals surface area contributed by atoms with Gasteiger partial charge in [-0.05, 0) is 0 Å². The third kappa shape index (κ3) is 2.63. The Hall–Kier alpha value is -0.720. The monoisotopic (exact) mass is 252 g/mol. The molecule has 0 aliphatic rings. The molecule has 5 nitrogen and oxygen atoms in total. The second kappa shape index (κ2) is 4.68. The summed E-state index contributed by atoms with van der Waals surface area (Å²) in [5, 5.41) is 10.6. The molecule has 0 fully saturated rings. The maximum Gasteiger partial charge on any atom is 0.287 e. The summed E-state index contributed by atoms with van der Waals surface area (Å²) < 4.78 is 1.08. The number of aromatic nitrogens is 2. The first-order valence-electron chi connectivity index (χ1n) is 3.40. The fourth-order valence-corrected chi connectivity index (χ4v) is 1.38. The standard InChI is InChI=1S/C6H6Cl2N4OS/c7-3-1-11-12(2-14-6(9)10)5(13)4(3)8/h1H,2H2,(H3,9,10). The number of nitrogens with two attached hydrogens (primary N) is 1. The maximum absolute atomic E-state index is 11.4. The average Bonchev–Trinajstić information content (AvgIpc) is 2.13. The summed E-state index contributed by atoms with van der Waals surface area (Å²) >= 11 is 12.1. The van der Waals surface area contributed by atoms with Crippen LogP contribution in [0, 0.1) is 5.41 Å². The number of hydrogen-bond donors (Lipinski definition) is 2. The molecule has 8 heteroatoms. The number of nitrogens with zero attached hydrogens (tertiary/aromatic N) is 2. The van der Waals surface area contributed by atoms with Gasteiger partial charge in [0.05, 0.1) is 17.1 Å². The van der Waals surface area contributed by atoms with Gasteiger partial charge in [0, 0.05) is 0 Å². The van der Waals surface area contributed by atoms with E-state index in [4.69, 9.17) is 34.3 Å². The van der Waals surface area contributed by atoms with Gasteiger partial charge >= 0.3 is 0 Å². The van der Waals surface area contributed by atoms with Gasteiger partial charge < -0.3 is 5.73 Å². The lowest BCUT2D eigenvalue weighted by Crippen LogP contribution is -2.23. The Bertz CT molecular complexity index is 419. The molecule has 0 saturated heterocycles. The Balaban J connectivity index is 2.95. The zero-order chi connectivity index (χ0) is 10.7. The summed E-state index contributed by atoms with van der Waals surface area (Å²) in [6.07, 6.45) is 1.27. The molecule has 0 spiro atoms. The van der Waals surface area contributed by atoms with Crippen LogP contribution < -0.4 is 11.3 Å². The summed E-state index contributed by atoms with van der Waals surface area (Å²) in [7, 11) is 0. The van der Waals surface area contributed by atoms with E-state index in [9.17, 15) is 4.79 Å². The van der Waals surface area contributed by atoms with E-state index >= 15 is 0 Å². The summed E-state index contributed by atoms with van der Waals surface area (Å²) in [6.45, 7) is 0. The molecule has 1 heterocycles. The smallest absolute Gasteiger partial charge is 0.287 e. The van der Waals surface area contributed by atoms with Crippen LogP contribution >= 0.6 is 35.0 Å². The normalized spacial score (nSPS) is 10.1. The van der Waals surface area contributed by atoms with Crippen molar-refractivity contribution in [1.82, 2.24) is 9.78 Å². The minimum atomic E-state index is -0.493. The highest BCUT2D eigenvalue weighted by Gasteiger charge is 2.07. The molecule has 0 amide bonds. The van der Waals surface area contributed by atoms with Crippen LogP contribution in [0.15, 0.2) is 11.0 Å². The van der Waals surface area contributed by atoms with Crippen LogP contribution in [0.2, 0.25) is 10.0 Å². The first kappa shape index (κ1) is 11.4. The van der Waals surface area contributed by atoms with Crippen molar-refractivity contribution >= 4 is 40.1 Å². The number of rotatable bonds is 2. The lowest BCUT2D eigenvalue weighted by molar-refractivity contribution is 0.695. The Morgan fingerprint density at radius 2 is 2.36 bits per heavy atom. The lowest BCUT2D eigenvalue weighted by atomic mass is 10.6. The van der Waals surface area contributed by atoms with Gasteiger partial charge in [0.25, 0.3) is 5.56 Å². The number of halogens is 2. The third-order valence-electron chi connectivity index (χ3n) is 1.28. The van der Waals surface area contributed by atoms with Crippen LogP contribution in [0.1, 0.15) is 0 Å². The van der Waals surface area contributed by atoms with Crippen LogP contribution in [-0.4, -0.2) is 14.9 Å². The Labute approximate surface area is 93.7 Å². The molecule has 1 aromatic heterocycles. The Morgan fingerprint density at radius 1 is 1.71 bits per heavy atom. The Kier molecular flexibility index (Phi) is 3.79. The van der Waals surface area contributed by atoms with E-state index < -0.39 is 5.56 Å². The van der Waals surface area contributed by atoms with E-state index in [1.807, 2.05) is 0 Å². The second-order valence-electron chi connectivity index (χ2n) is 2.25. The Morgan fingerprint density at radius 3 is 2.93 bits per heavy atom. The quantitative estimate of drug-likeness (QED) is 0.611. The summed E-state index contributed by atoms with van der Waals surface area (Å²) in [6, 6.07) is 0. The molecule has 0 aromatic carbocycles. The van der Waals surface area contributed by atoms with Crippen LogP contribution in [0.5, 0.6) is 0 Å². The van der Waals surface area contributed by atoms with Crippen molar-refractivity contribution in [2.24, 2.45) is 5.73 Å². The minimum absolute atomic E-state index is 0.0779. The van der Waals surface area contributed by atoms with Crippen LogP contribution in [0.25, 0.3) is 0 Å². The second-order valence-corrected chi connectivity index (χ2v) is 4.02. The predicted octanol–water partition coefficient (Wildman–Crippen LogP) is 1.13. The number of amidine groups is 1. The summed E-state index contributed by atoms with van der Waals surface area (Å²) in [4.78, 5) is 11.4. The zero-order valence-electron chi connectivity index (χ0n) is 6.83. The van der Waals surface area contributed by atoms with Crippen LogP contribution in [-0.2, 0) is 5.88 Å². The van der Waals surface area contributed by atoms with Crippen molar-refractivity contribution in [3.8, 4) is 0 Å². The van der Waals surface area contributed by atoms with Gasteiger partial charge in [-0.1, -0.05) is 35.0 Å². The molecule has 3 N–H and O–H groups in total. The van der Waals surface area contributed by atoms with Gasteiger partial charge in [0.1, 0.15) is 5.02 Å². The van der Waals surface area contributed by atoms with E-state index in [2.05, 4.69) is 5.10 Å². The van der Waals surface area contributed by atoms with Crippen molar-refractivity contribution in [3.05, 3.63) is 26.6 Å². The highest BCUT2D eigenvalue weighted by atomic mass is 35.5. The van der Waals surface area contributed by atoms with Crippen molar-refractivity contribution in [3.63, 3.8) is 0 Å². The largest absolute Gasteiger partial charge is 0.379 e. The molecule has 76 valence electrons. The fourth-order valence-electron chi connectivity index (χ4n) is 0.668. The third-order valence-corrected chi connectivity index (χ3v) is 2.72. The van der Waals surface area contributed by atoms with Gasteiger partial charge in [-0.25, -0.2) is 4.68 Å². The average molecular weight is 253 g/mol. The number of thioether (sulfide) groups is 1. The summed E-state index contributed by atoms with van der Waals surface area (Å²) in [5.74, 6) is 0.144. The molecule has 0 bridgehead atoms. The highest BCUT2D eigenvalue weighted by molar-refractivity contribution is 8.12. The molecular weight excluding hydrogens is 247 g/mol. The zero-order valence-corrected chi connectivity index (χ0v) is 9.16. The first-order valence-corrected chi connectivity index (χ1v) is 5.14. The number of hydrogen-bond acceptors (Lipinski definition) is 4. The van der Waals surface area contributed by atoms with Crippen molar-refractivity contribution in [2.45, 2.75) is 5.88 Å². The minimum Gasteiger partial charge on any atom is -0.379 e. The van der Waals surface area contributed by atoms with Gasteiger partial charge in [-0.2, -0.15) is 5.10 Å². The van der Waals surface area contributed by atoms with E-state index in [-0.39, 0.29) is 21.1 Å². The predicted molar refractivity (Wildman–Crippen MR) is 58.0 cm³/mol.